The molecule has 106 valence electrons. The number of nitrogens with zero attached hydrogens (tertiary/aromatic N) is 1. The summed E-state index contributed by atoms with van der Waals surface area (Å²) in [5, 5.41) is 7.21. The highest BCUT2D eigenvalue weighted by atomic mass is 32.2. The first-order chi connectivity index (χ1) is 8.43. The van der Waals surface area contributed by atoms with Crippen LogP contribution in [0.1, 0.15) is 12.8 Å². The van der Waals surface area contributed by atoms with Gasteiger partial charge in [0.2, 0.25) is 10.0 Å². The van der Waals surface area contributed by atoms with Crippen molar-refractivity contribution in [1.29, 1.82) is 5.41 Å². The molecule has 1 saturated heterocycles. The fourth-order valence-electron chi connectivity index (χ4n) is 1.96. The lowest BCUT2D eigenvalue weighted by atomic mass is 10.1. The molecule has 0 bridgehead atoms. The summed E-state index contributed by atoms with van der Waals surface area (Å²) >= 11 is 0. The molecule has 7 nitrogen and oxygen atoms in total. The maximum atomic E-state index is 11.7. The average molecular weight is 278 g/mol. The van der Waals surface area contributed by atoms with Crippen LogP contribution in [-0.2, 0) is 14.8 Å². The minimum absolute atomic E-state index is 0.00282. The number of likely N-dealkylation sites (tertiary alicyclic amines) is 1. The zero-order valence-corrected chi connectivity index (χ0v) is 11.5. The lowest BCUT2D eigenvalue weighted by Crippen LogP contribution is -2.47. The summed E-state index contributed by atoms with van der Waals surface area (Å²) < 4.78 is 30.8. The van der Waals surface area contributed by atoms with Crippen molar-refractivity contribution >= 4 is 15.9 Å². The number of methoxy groups -OCH3 is 1. The molecule has 0 aromatic heterocycles. The minimum Gasteiger partial charge on any atom is -0.387 e. The number of hydrogen-bond acceptors (Lipinski definition) is 5. The number of sulfonamides is 1. The molecule has 0 aromatic carbocycles. The molecule has 0 atom stereocenters. The lowest BCUT2D eigenvalue weighted by molar-refractivity contribution is 0.215. The molecule has 0 spiro atoms. The van der Waals surface area contributed by atoms with E-state index in [-0.39, 0.29) is 24.2 Å². The molecule has 1 rings (SSSR count). The van der Waals surface area contributed by atoms with Crippen molar-refractivity contribution in [1.82, 2.24) is 9.62 Å². The molecule has 8 heteroatoms. The molecule has 0 amide bonds. The Balaban J connectivity index is 2.33. The molecule has 1 aliphatic rings. The van der Waals surface area contributed by atoms with Gasteiger partial charge in [-0.05, 0) is 12.8 Å². The smallest absolute Gasteiger partial charge is 0.214 e. The molecular formula is C10H22N4O3S. The molecule has 0 unspecified atom stereocenters. The fraction of sp³-hybridized carbons (Fsp3) is 0.900. The number of nitrogens with one attached hydrogen (secondary N) is 2. The first-order valence-electron chi connectivity index (χ1n) is 5.97. The molecule has 4 N–H and O–H groups in total. The predicted molar refractivity (Wildman–Crippen MR) is 70.2 cm³/mol. The van der Waals surface area contributed by atoms with Crippen molar-refractivity contribution in [3.05, 3.63) is 0 Å². The predicted octanol–water partition coefficient (Wildman–Crippen LogP) is -1.05. The van der Waals surface area contributed by atoms with E-state index >= 15 is 0 Å². The maximum absolute atomic E-state index is 11.7. The van der Waals surface area contributed by atoms with E-state index in [1.165, 1.54) is 7.11 Å². The Kier molecular flexibility index (Phi) is 6.00. The van der Waals surface area contributed by atoms with Gasteiger partial charge in [0.1, 0.15) is 5.84 Å². The van der Waals surface area contributed by atoms with Gasteiger partial charge in [-0.1, -0.05) is 0 Å². The van der Waals surface area contributed by atoms with Crippen molar-refractivity contribution in [2.45, 2.75) is 18.9 Å². The monoisotopic (exact) mass is 278 g/mol. The summed E-state index contributed by atoms with van der Waals surface area (Å²) in [5.41, 5.74) is 5.33. The van der Waals surface area contributed by atoms with Gasteiger partial charge in [0.15, 0.2) is 0 Å². The largest absolute Gasteiger partial charge is 0.387 e. The lowest BCUT2D eigenvalue weighted by Gasteiger charge is -2.31. The Hall–Kier alpha value is -0.700. The SMILES string of the molecule is COCCS(=O)(=O)NC1CCN(CC(=N)N)CC1. The summed E-state index contributed by atoms with van der Waals surface area (Å²) in [7, 11) is -1.76. The van der Waals surface area contributed by atoms with Crippen molar-refractivity contribution < 1.29 is 13.2 Å². The molecule has 0 saturated carbocycles. The summed E-state index contributed by atoms with van der Waals surface area (Å²) in [6, 6.07) is -0.0185. The standard InChI is InChI=1S/C10H22N4O3S/c1-17-6-7-18(15,16)13-9-2-4-14(5-3-9)8-10(11)12/h9,13H,2-8H2,1H3,(H3,11,12). The quantitative estimate of drug-likeness (QED) is 0.407. The zero-order chi connectivity index (χ0) is 13.6. The van der Waals surface area contributed by atoms with Crippen LogP contribution in [-0.4, -0.2) is 64.3 Å². The number of hydrogen-bond donors (Lipinski definition) is 3. The van der Waals surface area contributed by atoms with Crippen LogP contribution in [0.4, 0.5) is 0 Å². The number of rotatable bonds is 7. The van der Waals surface area contributed by atoms with Crippen LogP contribution in [0.15, 0.2) is 0 Å². The second-order valence-corrected chi connectivity index (χ2v) is 6.38. The molecule has 0 aliphatic carbocycles. The Morgan fingerprint density at radius 2 is 2.11 bits per heavy atom. The third-order valence-corrected chi connectivity index (χ3v) is 4.28. The zero-order valence-electron chi connectivity index (χ0n) is 10.7. The third-order valence-electron chi connectivity index (χ3n) is 2.88. The molecule has 18 heavy (non-hydrogen) atoms. The maximum Gasteiger partial charge on any atom is 0.214 e. The molecule has 1 aliphatic heterocycles. The van der Waals surface area contributed by atoms with Gasteiger partial charge in [0, 0.05) is 26.2 Å². The van der Waals surface area contributed by atoms with Crippen molar-refractivity contribution in [2.75, 3.05) is 39.1 Å². The van der Waals surface area contributed by atoms with E-state index in [1.54, 1.807) is 0 Å². The average Bonchev–Trinajstić information content (AvgIpc) is 2.28. The Labute approximate surface area is 108 Å². The molecule has 1 heterocycles. The van der Waals surface area contributed by atoms with Crippen LogP contribution in [0.3, 0.4) is 0 Å². The van der Waals surface area contributed by atoms with Crippen molar-refractivity contribution in [3.63, 3.8) is 0 Å². The van der Waals surface area contributed by atoms with Crippen LogP contribution in [0.2, 0.25) is 0 Å². The summed E-state index contributed by atoms with van der Waals surface area (Å²) in [5.74, 6) is 0.145. The van der Waals surface area contributed by atoms with Crippen LogP contribution < -0.4 is 10.5 Å². The Morgan fingerprint density at radius 1 is 1.50 bits per heavy atom. The number of piperidine rings is 1. The van der Waals surface area contributed by atoms with Crippen molar-refractivity contribution in [3.8, 4) is 0 Å². The van der Waals surface area contributed by atoms with E-state index in [0.29, 0.717) is 6.54 Å². The Morgan fingerprint density at radius 3 is 2.61 bits per heavy atom. The highest BCUT2D eigenvalue weighted by Crippen LogP contribution is 2.10. The summed E-state index contributed by atoms with van der Waals surface area (Å²) in [4.78, 5) is 2.06. The van der Waals surface area contributed by atoms with E-state index in [9.17, 15) is 8.42 Å². The van der Waals surface area contributed by atoms with E-state index in [4.69, 9.17) is 15.9 Å². The minimum atomic E-state index is -3.24. The molecule has 0 radical (unpaired) electrons. The van der Waals surface area contributed by atoms with E-state index < -0.39 is 10.0 Å². The van der Waals surface area contributed by atoms with E-state index in [0.717, 1.165) is 25.9 Å². The Bertz CT molecular complexity index is 363. The van der Waals surface area contributed by atoms with Crippen LogP contribution in [0, 0.1) is 5.41 Å². The summed E-state index contributed by atoms with van der Waals surface area (Å²) in [6.45, 7) is 2.19. The topological polar surface area (TPSA) is 109 Å². The van der Waals surface area contributed by atoms with E-state index in [2.05, 4.69) is 9.62 Å². The highest BCUT2D eigenvalue weighted by molar-refractivity contribution is 7.89. The number of ether oxygens (including phenoxy) is 1. The van der Waals surface area contributed by atoms with Gasteiger partial charge in [0.05, 0.1) is 18.9 Å². The first-order valence-corrected chi connectivity index (χ1v) is 7.62. The molecule has 1 fully saturated rings. The van der Waals surface area contributed by atoms with Gasteiger partial charge in [-0.3, -0.25) is 10.3 Å². The number of amidine groups is 1. The highest BCUT2D eigenvalue weighted by Gasteiger charge is 2.23. The van der Waals surface area contributed by atoms with Gasteiger partial charge >= 0.3 is 0 Å². The van der Waals surface area contributed by atoms with Gasteiger partial charge in [-0.25, -0.2) is 13.1 Å². The van der Waals surface area contributed by atoms with Gasteiger partial charge in [-0.15, -0.1) is 0 Å². The van der Waals surface area contributed by atoms with Gasteiger partial charge in [0.25, 0.3) is 0 Å². The normalized spacial score (nSPS) is 18.9. The van der Waals surface area contributed by atoms with Crippen LogP contribution >= 0.6 is 0 Å². The molecule has 0 aromatic rings. The fourth-order valence-corrected chi connectivity index (χ4v) is 3.20. The second-order valence-electron chi connectivity index (χ2n) is 4.51. The van der Waals surface area contributed by atoms with Crippen LogP contribution in [0.5, 0.6) is 0 Å². The molecular weight excluding hydrogens is 256 g/mol. The third kappa shape index (κ3) is 5.76. The van der Waals surface area contributed by atoms with Crippen LogP contribution in [0.25, 0.3) is 0 Å². The second kappa shape index (κ2) is 7.03. The number of nitrogens with two attached hydrogens (primary N) is 1. The van der Waals surface area contributed by atoms with Gasteiger partial charge in [-0.2, -0.15) is 0 Å². The first kappa shape index (κ1) is 15.4. The van der Waals surface area contributed by atoms with E-state index in [1.807, 2.05) is 0 Å². The summed E-state index contributed by atoms with van der Waals surface area (Å²) in [6.07, 6.45) is 1.50. The van der Waals surface area contributed by atoms with Crippen molar-refractivity contribution in [2.24, 2.45) is 5.73 Å². The van der Waals surface area contributed by atoms with Gasteiger partial charge < -0.3 is 10.5 Å².